The summed E-state index contributed by atoms with van der Waals surface area (Å²) in [5, 5.41) is 1.01. The topological polar surface area (TPSA) is 34.4 Å². The number of hydrogen-bond acceptors (Lipinski definition) is 2. The van der Waals surface area contributed by atoms with E-state index in [0.717, 1.165) is 10.9 Å². The van der Waals surface area contributed by atoms with Crippen molar-refractivity contribution >= 4 is 22.7 Å². The van der Waals surface area contributed by atoms with Gasteiger partial charge in [-0.05, 0) is 23.6 Å². The van der Waals surface area contributed by atoms with Crippen LogP contribution in [-0.4, -0.2) is 10.6 Å². The summed E-state index contributed by atoms with van der Waals surface area (Å²) >= 11 is 0. The molecule has 0 atom stereocenters. The number of aromatic nitrogens is 1. The van der Waals surface area contributed by atoms with Gasteiger partial charge in [-0.25, -0.2) is 4.79 Å². The van der Waals surface area contributed by atoms with Gasteiger partial charge in [-0.3, -0.25) is 0 Å². The maximum atomic E-state index is 10.3. The molecule has 16 heavy (non-hydrogen) atoms. The molecule has 0 saturated heterocycles. The Labute approximate surface area is 94.4 Å². The minimum absolute atomic E-state index is 0.470. The Bertz CT molecular complexity index is 575. The minimum Gasteiger partial charge on any atom is -0.348 e. The van der Waals surface area contributed by atoms with Crippen molar-refractivity contribution in [2.24, 2.45) is 12.0 Å². The first-order chi connectivity index (χ1) is 7.63. The van der Waals surface area contributed by atoms with Crippen LogP contribution >= 0.6 is 0 Å². The predicted octanol–water partition coefficient (Wildman–Crippen LogP) is 3.27. The van der Waals surface area contributed by atoms with Crippen molar-refractivity contribution in [3.8, 4) is 0 Å². The van der Waals surface area contributed by atoms with E-state index in [1.54, 1.807) is 6.08 Å². The average Bonchev–Trinajstić information content (AvgIpc) is 2.56. The fraction of sp³-hybridized carbons (Fsp3) is 0.308. The molecule has 0 spiro atoms. The third kappa shape index (κ3) is 1.66. The molecule has 1 heterocycles. The van der Waals surface area contributed by atoms with Crippen LogP contribution in [0.4, 0.5) is 5.69 Å². The van der Waals surface area contributed by atoms with Crippen LogP contribution in [0.1, 0.15) is 25.3 Å². The number of isocyanates is 1. The molecule has 0 aliphatic carbocycles. The summed E-state index contributed by atoms with van der Waals surface area (Å²) in [5.74, 6) is 0.470. The number of nitrogens with zero attached hydrogens (tertiary/aromatic N) is 2. The van der Waals surface area contributed by atoms with Crippen molar-refractivity contribution in [2.75, 3.05) is 0 Å². The van der Waals surface area contributed by atoms with Crippen molar-refractivity contribution in [3.05, 3.63) is 30.0 Å². The van der Waals surface area contributed by atoms with Gasteiger partial charge >= 0.3 is 0 Å². The van der Waals surface area contributed by atoms with E-state index in [2.05, 4.69) is 37.0 Å². The zero-order valence-corrected chi connectivity index (χ0v) is 9.69. The second-order valence-corrected chi connectivity index (χ2v) is 4.26. The number of carbonyl (C=O) groups excluding carboxylic acids is 1. The molecule has 3 nitrogen and oxygen atoms in total. The third-order valence-corrected chi connectivity index (χ3v) is 2.83. The largest absolute Gasteiger partial charge is 0.348 e. The fourth-order valence-electron chi connectivity index (χ4n) is 1.89. The Morgan fingerprint density at radius 2 is 2.12 bits per heavy atom. The molecular weight excluding hydrogens is 200 g/mol. The average molecular weight is 214 g/mol. The number of hydrogen-bond donors (Lipinski definition) is 0. The van der Waals surface area contributed by atoms with Crippen molar-refractivity contribution < 1.29 is 4.79 Å². The molecule has 0 aliphatic heterocycles. The van der Waals surface area contributed by atoms with Gasteiger partial charge < -0.3 is 4.57 Å². The van der Waals surface area contributed by atoms with Gasteiger partial charge in [0.1, 0.15) is 5.69 Å². The highest BCUT2D eigenvalue weighted by Crippen LogP contribution is 2.30. The molecule has 0 aliphatic rings. The monoisotopic (exact) mass is 214 g/mol. The first kappa shape index (κ1) is 10.7. The number of aryl methyl sites for hydroxylation is 1. The third-order valence-electron chi connectivity index (χ3n) is 2.83. The van der Waals surface area contributed by atoms with Crippen LogP contribution in [0.5, 0.6) is 0 Å². The quantitative estimate of drug-likeness (QED) is 0.558. The number of rotatable bonds is 2. The normalized spacial score (nSPS) is 10.8. The summed E-state index contributed by atoms with van der Waals surface area (Å²) in [6.45, 7) is 4.29. The van der Waals surface area contributed by atoms with Crippen LogP contribution in [0.3, 0.4) is 0 Å². The molecule has 1 aromatic heterocycles. The number of benzene rings is 1. The Morgan fingerprint density at radius 1 is 1.38 bits per heavy atom. The molecule has 2 rings (SSSR count). The lowest BCUT2D eigenvalue weighted by atomic mass is 10.0. The summed E-state index contributed by atoms with van der Waals surface area (Å²) in [6, 6.07) is 6.27. The van der Waals surface area contributed by atoms with Gasteiger partial charge in [-0.1, -0.05) is 19.9 Å². The van der Waals surface area contributed by atoms with Gasteiger partial charge in [0.15, 0.2) is 0 Å². The highest BCUT2D eigenvalue weighted by molar-refractivity contribution is 5.92. The molecule has 0 saturated carbocycles. The van der Waals surface area contributed by atoms with Crippen molar-refractivity contribution in [1.82, 2.24) is 4.57 Å². The van der Waals surface area contributed by atoms with Gasteiger partial charge in [0.25, 0.3) is 0 Å². The molecule has 3 heteroatoms. The van der Waals surface area contributed by atoms with Gasteiger partial charge in [0.05, 0.1) is 5.52 Å². The zero-order chi connectivity index (χ0) is 11.7. The lowest BCUT2D eigenvalue weighted by Gasteiger charge is -2.05. The minimum atomic E-state index is 0.470. The molecule has 0 bridgehead atoms. The summed E-state index contributed by atoms with van der Waals surface area (Å²) in [4.78, 5) is 14.1. The van der Waals surface area contributed by atoms with Crippen molar-refractivity contribution in [3.63, 3.8) is 0 Å². The van der Waals surface area contributed by atoms with E-state index in [9.17, 15) is 4.79 Å². The Hall–Kier alpha value is -1.86. The maximum absolute atomic E-state index is 10.3. The first-order valence-electron chi connectivity index (χ1n) is 5.30. The van der Waals surface area contributed by atoms with E-state index in [4.69, 9.17) is 0 Å². The first-order valence-corrected chi connectivity index (χ1v) is 5.30. The second-order valence-electron chi connectivity index (χ2n) is 4.26. The smallest absolute Gasteiger partial charge is 0.240 e. The van der Waals surface area contributed by atoms with E-state index >= 15 is 0 Å². The van der Waals surface area contributed by atoms with E-state index < -0.39 is 0 Å². The molecule has 0 unspecified atom stereocenters. The predicted molar refractivity (Wildman–Crippen MR) is 64.8 cm³/mol. The summed E-state index contributed by atoms with van der Waals surface area (Å²) < 4.78 is 1.97. The Kier molecular flexibility index (Phi) is 2.63. The van der Waals surface area contributed by atoms with Crippen LogP contribution in [0.25, 0.3) is 10.9 Å². The van der Waals surface area contributed by atoms with Gasteiger partial charge in [0.2, 0.25) is 6.08 Å². The van der Waals surface area contributed by atoms with E-state index in [-0.39, 0.29) is 0 Å². The maximum Gasteiger partial charge on any atom is 0.240 e. The SMILES string of the molecule is CC(C)c1ccc2c(c1)c(N=C=O)cn2C. The molecule has 0 N–H and O–H groups in total. The highest BCUT2D eigenvalue weighted by Gasteiger charge is 2.08. The van der Waals surface area contributed by atoms with Crippen LogP contribution in [-0.2, 0) is 11.8 Å². The highest BCUT2D eigenvalue weighted by atomic mass is 16.1. The molecule has 0 fully saturated rings. The van der Waals surface area contributed by atoms with Crippen LogP contribution < -0.4 is 0 Å². The van der Waals surface area contributed by atoms with Crippen LogP contribution in [0.15, 0.2) is 29.4 Å². The number of fused-ring (bicyclic) bond motifs is 1. The molecule has 82 valence electrons. The lowest BCUT2D eigenvalue weighted by Crippen LogP contribution is -1.88. The molecule has 0 radical (unpaired) electrons. The lowest BCUT2D eigenvalue weighted by molar-refractivity contribution is 0.565. The zero-order valence-electron chi connectivity index (χ0n) is 9.69. The standard InChI is InChI=1S/C13H14N2O/c1-9(2)10-4-5-13-11(6-10)12(14-8-16)7-15(13)3/h4-7,9H,1-3H3. The van der Waals surface area contributed by atoms with Gasteiger partial charge in [0, 0.05) is 18.6 Å². The molecule has 2 aromatic rings. The van der Waals surface area contributed by atoms with Crippen molar-refractivity contribution in [2.45, 2.75) is 19.8 Å². The molecule has 1 aromatic carbocycles. The van der Waals surface area contributed by atoms with E-state index in [1.165, 1.54) is 5.56 Å². The van der Waals surface area contributed by atoms with E-state index in [1.807, 2.05) is 17.8 Å². The number of aliphatic imine (C=N–C) groups is 1. The second kappa shape index (κ2) is 3.95. The Morgan fingerprint density at radius 3 is 2.75 bits per heavy atom. The summed E-state index contributed by atoms with van der Waals surface area (Å²) in [6.07, 6.45) is 3.45. The van der Waals surface area contributed by atoms with Gasteiger partial charge in [-0.15, -0.1) is 0 Å². The molecule has 0 amide bonds. The summed E-state index contributed by atoms with van der Waals surface area (Å²) in [7, 11) is 1.95. The van der Waals surface area contributed by atoms with Crippen LogP contribution in [0.2, 0.25) is 0 Å². The van der Waals surface area contributed by atoms with Crippen molar-refractivity contribution in [1.29, 1.82) is 0 Å². The summed E-state index contributed by atoms with van der Waals surface area (Å²) in [5.41, 5.74) is 3.02. The molecular formula is C13H14N2O. The van der Waals surface area contributed by atoms with E-state index in [0.29, 0.717) is 11.6 Å². The van der Waals surface area contributed by atoms with Crippen LogP contribution in [0, 0.1) is 0 Å². The fourth-order valence-corrected chi connectivity index (χ4v) is 1.89. The Balaban J connectivity index is 2.74. The van der Waals surface area contributed by atoms with Gasteiger partial charge in [-0.2, -0.15) is 4.99 Å².